The summed E-state index contributed by atoms with van der Waals surface area (Å²) in [7, 11) is 5.79. The van der Waals surface area contributed by atoms with Crippen molar-refractivity contribution in [2.75, 3.05) is 46.4 Å². The van der Waals surface area contributed by atoms with Crippen molar-refractivity contribution in [2.45, 2.75) is 102 Å². The summed E-state index contributed by atoms with van der Waals surface area (Å²) in [6.07, 6.45) is 0.869. The zero-order valence-electron chi connectivity index (χ0n) is 38.7. The molecule has 0 bridgehead atoms. The molecule has 66 heavy (non-hydrogen) atoms. The summed E-state index contributed by atoms with van der Waals surface area (Å²) in [5, 5.41) is 5.41. The number of fused-ring (bicyclic) bond motifs is 2. The average molecular weight is 910 g/mol. The molecule has 2 aromatic heterocycles. The van der Waals surface area contributed by atoms with Gasteiger partial charge in [-0.2, -0.15) is 0 Å². The quantitative estimate of drug-likeness (QED) is 0.0950. The number of imidazole rings is 2. The number of benzene rings is 3. The van der Waals surface area contributed by atoms with E-state index in [0.29, 0.717) is 37.6 Å². The summed E-state index contributed by atoms with van der Waals surface area (Å²) in [6.45, 7) is 8.19. The molecule has 5 aromatic rings. The van der Waals surface area contributed by atoms with Gasteiger partial charge in [0, 0.05) is 45.8 Å². The number of halogens is 1. The molecule has 4 amide bonds. The largest absolute Gasteiger partial charge is 0.453 e. The number of amides is 4. The van der Waals surface area contributed by atoms with E-state index in [1.807, 2.05) is 52.0 Å². The number of likely N-dealkylation sites (tertiary alicyclic amines) is 2. The molecule has 0 radical (unpaired) electrons. The normalized spacial score (nSPS) is 23.0. The van der Waals surface area contributed by atoms with Gasteiger partial charge in [0.25, 0.3) is 0 Å². The number of hydrogen-bond donors (Lipinski definition) is 4. The second-order valence-electron chi connectivity index (χ2n) is 18.2. The number of aromatic amines is 2. The zero-order valence-corrected chi connectivity index (χ0v) is 38.7. The summed E-state index contributed by atoms with van der Waals surface area (Å²) in [4.78, 5) is 75.4. The average Bonchev–Trinajstić information content (AvgIpc) is 4.17. The van der Waals surface area contributed by atoms with Crippen LogP contribution in [0.1, 0.15) is 100 Å². The minimum Gasteiger partial charge on any atom is -0.453 e. The standard InChI is InChI=1S/C48H60FN9O8/c1-25(2)41(54-47(61)65-7)45(59)56-23-31(63-5)21-39(56)43-50-33-15-9-27(19-35(33)52-43)37-17-18-38(58(37)30-13-11-29(49)12-14-30)28-10-16-34-36(20-28)53-44(51-34)40-22-32(64-6)24-57(40)46(60)42(26(3)4)55-48(62)66-8/h9-16,19-20,25-26,31-32,37-42H,17-18,21-24H2,1-8H3,(H,50,52)(H,51,53)(H,54,61)(H,55,62)/t31-,32-,37+,38+,39-,40-,41-,42?/m0/s1. The number of carbonyl (C=O) groups is 4. The van der Waals surface area contributed by atoms with Crippen LogP contribution >= 0.6 is 0 Å². The van der Waals surface area contributed by atoms with Crippen molar-refractivity contribution in [3.05, 3.63) is 89.3 Å². The topological polar surface area (TPSA) is 196 Å². The zero-order chi connectivity index (χ0) is 47.0. The molecule has 3 aromatic carbocycles. The van der Waals surface area contributed by atoms with Gasteiger partial charge in [-0.3, -0.25) is 9.59 Å². The fourth-order valence-electron chi connectivity index (χ4n) is 9.95. The maximum Gasteiger partial charge on any atom is 0.407 e. The summed E-state index contributed by atoms with van der Waals surface area (Å²) in [5.74, 6) is 0.0658. The Hall–Kier alpha value is -6.27. The maximum atomic E-state index is 14.4. The second-order valence-corrected chi connectivity index (χ2v) is 18.2. The number of alkyl carbamates (subject to hydrolysis) is 2. The van der Waals surface area contributed by atoms with Crippen molar-refractivity contribution in [3.8, 4) is 0 Å². The van der Waals surface area contributed by atoms with Gasteiger partial charge in [-0.05, 0) is 84.3 Å². The lowest BCUT2D eigenvalue weighted by Crippen LogP contribution is -2.51. The molecule has 3 aliphatic heterocycles. The molecule has 0 aliphatic carbocycles. The molecule has 4 N–H and O–H groups in total. The van der Waals surface area contributed by atoms with Crippen molar-refractivity contribution in [2.24, 2.45) is 11.8 Å². The molecule has 3 fully saturated rings. The van der Waals surface area contributed by atoms with E-state index in [0.717, 1.165) is 51.7 Å². The molecular weight excluding hydrogens is 850 g/mol. The van der Waals surface area contributed by atoms with Crippen LogP contribution in [0.4, 0.5) is 19.7 Å². The van der Waals surface area contributed by atoms with E-state index in [-0.39, 0.29) is 53.8 Å². The molecule has 8 atom stereocenters. The molecule has 17 nitrogen and oxygen atoms in total. The van der Waals surface area contributed by atoms with Gasteiger partial charge in [-0.15, -0.1) is 0 Å². The van der Waals surface area contributed by atoms with Gasteiger partial charge in [-0.25, -0.2) is 23.9 Å². The van der Waals surface area contributed by atoms with Gasteiger partial charge in [0.15, 0.2) is 0 Å². The van der Waals surface area contributed by atoms with E-state index < -0.39 is 36.4 Å². The molecule has 8 rings (SSSR count). The van der Waals surface area contributed by atoms with Crippen LogP contribution in [0.15, 0.2) is 60.7 Å². The second kappa shape index (κ2) is 19.3. The SMILES string of the molecule is COC(=O)NC(C(=O)N1C[C@@H](OC)C[C@H]1c1nc2cc([C@H]3CC[C@H](c4ccc5[nH]c([C@@H]6C[C@H](OC)CN6C(=O)[C@@H](NC(=O)OC)C(C)C)nc5c4)N3c3ccc(F)cc3)ccc2[nH]1)C(C)C. The number of carbonyl (C=O) groups excluding carboxylic acids is 4. The predicted octanol–water partition coefficient (Wildman–Crippen LogP) is 7.00. The Morgan fingerprint density at radius 1 is 0.636 bits per heavy atom. The highest BCUT2D eigenvalue weighted by Gasteiger charge is 2.44. The van der Waals surface area contributed by atoms with Crippen molar-refractivity contribution >= 4 is 51.8 Å². The molecule has 1 unspecified atom stereocenters. The minimum atomic E-state index is -0.798. The first kappa shape index (κ1) is 46.3. The van der Waals surface area contributed by atoms with Gasteiger partial charge < -0.3 is 54.2 Å². The molecule has 352 valence electrons. The highest BCUT2D eigenvalue weighted by Crippen LogP contribution is 2.48. The lowest BCUT2D eigenvalue weighted by Gasteiger charge is -2.33. The molecule has 0 spiro atoms. The van der Waals surface area contributed by atoms with Crippen LogP contribution in [-0.4, -0.2) is 120 Å². The van der Waals surface area contributed by atoms with Crippen LogP contribution in [0, 0.1) is 17.7 Å². The maximum absolute atomic E-state index is 14.4. The van der Waals surface area contributed by atoms with Crippen LogP contribution in [-0.2, 0) is 28.5 Å². The fourth-order valence-corrected chi connectivity index (χ4v) is 9.95. The summed E-state index contributed by atoms with van der Waals surface area (Å²) in [6, 6.07) is 16.3. The van der Waals surface area contributed by atoms with Crippen molar-refractivity contribution in [3.63, 3.8) is 0 Å². The minimum absolute atomic E-state index is 0.0920. The number of hydrogen-bond acceptors (Lipinski definition) is 11. The van der Waals surface area contributed by atoms with Gasteiger partial charge in [0.05, 0.1) is 72.7 Å². The van der Waals surface area contributed by atoms with E-state index in [9.17, 15) is 23.6 Å². The fraction of sp³-hybridized carbons (Fsp3) is 0.500. The highest BCUT2D eigenvalue weighted by molar-refractivity contribution is 5.88. The number of nitrogens with zero attached hydrogens (tertiary/aromatic N) is 5. The summed E-state index contributed by atoms with van der Waals surface area (Å²) < 4.78 is 35.5. The Labute approximate surface area is 383 Å². The number of aromatic nitrogens is 4. The van der Waals surface area contributed by atoms with Crippen LogP contribution < -0.4 is 15.5 Å². The molecule has 5 heterocycles. The third-order valence-electron chi connectivity index (χ3n) is 13.5. The number of rotatable bonds is 13. The number of ether oxygens (including phenoxy) is 4. The Bertz CT molecular complexity index is 2410. The third-order valence-corrected chi connectivity index (χ3v) is 13.5. The van der Waals surface area contributed by atoms with Crippen LogP contribution in [0.25, 0.3) is 22.1 Å². The summed E-state index contributed by atoms with van der Waals surface area (Å²) >= 11 is 0. The first-order valence-corrected chi connectivity index (χ1v) is 22.6. The van der Waals surface area contributed by atoms with Crippen LogP contribution in [0.3, 0.4) is 0 Å². The van der Waals surface area contributed by atoms with Gasteiger partial charge in [0.2, 0.25) is 11.8 Å². The Morgan fingerprint density at radius 2 is 1.06 bits per heavy atom. The van der Waals surface area contributed by atoms with E-state index in [1.165, 1.54) is 26.4 Å². The van der Waals surface area contributed by atoms with Crippen molar-refractivity contribution < 1.29 is 42.5 Å². The Balaban J connectivity index is 1.08. The molecule has 0 saturated carbocycles. The number of methoxy groups -OCH3 is 4. The van der Waals surface area contributed by atoms with Crippen LogP contribution in [0.2, 0.25) is 0 Å². The number of anilines is 1. The summed E-state index contributed by atoms with van der Waals surface area (Å²) in [5.41, 5.74) is 6.05. The third kappa shape index (κ3) is 9.12. The molecule has 3 saturated heterocycles. The van der Waals surface area contributed by atoms with Gasteiger partial charge >= 0.3 is 12.2 Å². The monoisotopic (exact) mass is 909 g/mol. The smallest absolute Gasteiger partial charge is 0.407 e. The molecule has 3 aliphatic rings. The van der Waals surface area contributed by atoms with E-state index in [1.54, 1.807) is 24.0 Å². The van der Waals surface area contributed by atoms with Gasteiger partial charge in [-0.1, -0.05) is 39.8 Å². The molecular formula is C48H60FN9O8. The van der Waals surface area contributed by atoms with E-state index in [2.05, 4.69) is 49.8 Å². The number of H-pyrrole nitrogens is 2. The predicted molar refractivity (Wildman–Crippen MR) is 244 cm³/mol. The van der Waals surface area contributed by atoms with Crippen LogP contribution in [0.5, 0.6) is 0 Å². The Kier molecular flexibility index (Phi) is 13.5. The number of nitrogens with one attached hydrogen (secondary N) is 4. The first-order chi connectivity index (χ1) is 31.7. The Morgan fingerprint density at radius 3 is 1.44 bits per heavy atom. The highest BCUT2D eigenvalue weighted by atomic mass is 19.1. The van der Waals surface area contributed by atoms with E-state index in [4.69, 9.17) is 28.9 Å². The van der Waals surface area contributed by atoms with Crippen molar-refractivity contribution in [1.82, 2.24) is 40.4 Å². The first-order valence-electron chi connectivity index (χ1n) is 22.6. The van der Waals surface area contributed by atoms with Crippen molar-refractivity contribution in [1.29, 1.82) is 0 Å². The van der Waals surface area contributed by atoms with E-state index >= 15 is 0 Å². The lowest BCUT2D eigenvalue weighted by molar-refractivity contribution is -0.136. The van der Waals surface area contributed by atoms with Gasteiger partial charge in [0.1, 0.15) is 29.5 Å². The molecule has 18 heteroatoms. The lowest BCUT2D eigenvalue weighted by atomic mass is 10.0.